The summed E-state index contributed by atoms with van der Waals surface area (Å²) in [4.78, 5) is 0. The van der Waals surface area contributed by atoms with E-state index in [-0.39, 0.29) is 5.60 Å². The zero-order chi connectivity index (χ0) is 29.1. The summed E-state index contributed by atoms with van der Waals surface area (Å²) in [5, 5.41) is 3.85. The van der Waals surface area contributed by atoms with Gasteiger partial charge in [0.2, 0.25) is 0 Å². The standard InChI is InChI=1S/C39H63NO/c1-9-29(15-20-37(40-8)17-11-10-12-18-37)35(7)32-14-13-30-31(39(32)28(5)33(35)39)16-19-36-23-24-41-38(25-36,27(4)26(2)3)22-21-34(30,36)6/h16,23-24,26-30,32-33,40H,9-15,17-22,25H2,1-8H3/t27-,28?,29?,30?,32?,33?,34?,35-,36-,38-,39?/m1/s1. The summed E-state index contributed by atoms with van der Waals surface area (Å²) in [5.41, 5.74) is 4.22. The summed E-state index contributed by atoms with van der Waals surface area (Å²) in [7, 11) is 2.25. The molecule has 0 radical (unpaired) electrons. The van der Waals surface area contributed by atoms with Gasteiger partial charge in [0, 0.05) is 16.4 Å². The van der Waals surface area contributed by atoms with Crippen molar-refractivity contribution < 1.29 is 4.74 Å². The first-order valence-electron chi connectivity index (χ1n) is 18.3. The normalized spacial score (nSPS) is 50.2. The number of nitrogens with one attached hydrogen (secondary N) is 1. The summed E-state index contributed by atoms with van der Waals surface area (Å²) < 4.78 is 6.62. The molecule has 1 heterocycles. The highest BCUT2D eigenvalue weighted by Gasteiger charge is 2.87. The maximum absolute atomic E-state index is 6.62. The Balaban J connectivity index is 1.16. The first kappa shape index (κ1) is 29.0. The molecular weight excluding hydrogens is 498 g/mol. The van der Waals surface area contributed by atoms with Crippen LogP contribution >= 0.6 is 0 Å². The highest BCUT2D eigenvalue weighted by molar-refractivity contribution is 5.47. The van der Waals surface area contributed by atoms with Gasteiger partial charge in [0.05, 0.1) is 6.26 Å². The summed E-state index contributed by atoms with van der Waals surface area (Å²) in [6, 6.07) is 0. The summed E-state index contributed by atoms with van der Waals surface area (Å²) in [5.74, 6) is 5.69. The van der Waals surface area contributed by atoms with Crippen molar-refractivity contribution in [3.63, 3.8) is 0 Å². The van der Waals surface area contributed by atoms with Crippen molar-refractivity contribution in [2.24, 2.45) is 63.1 Å². The molecule has 0 aromatic heterocycles. The third-order valence-corrected chi connectivity index (χ3v) is 16.8. The Hall–Kier alpha value is -0.760. The van der Waals surface area contributed by atoms with Crippen LogP contribution in [0.25, 0.3) is 0 Å². The molecule has 2 nitrogen and oxygen atoms in total. The van der Waals surface area contributed by atoms with Crippen LogP contribution in [0.15, 0.2) is 24.0 Å². The summed E-state index contributed by atoms with van der Waals surface area (Å²) in [6.07, 6.45) is 26.9. The van der Waals surface area contributed by atoms with E-state index in [0.29, 0.717) is 39.0 Å². The predicted molar refractivity (Wildman–Crippen MR) is 171 cm³/mol. The van der Waals surface area contributed by atoms with Crippen molar-refractivity contribution in [3.8, 4) is 0 Å². The van der Waals surface area contributed by atoms with E-state index in [9.17, 15) is 0 Å². The van der Waals surface area contributed by atoms with Gasteiger partial charge in [-0.1, -0.05) is 85.8 Å². The molecule has 6 aliphatic carbocycles. The van der Waals surface area contributed by atoms with Crippen molar-refractivity contribution in [1.29, 1.82) is 0 Å². The fourth-order valence-corrected chi connectivity index (χ4v) is 14.1. The number of allylic oxidation sites excluding steroid dienone is 3. The van der Waals surface area contributed by atoms with Crippen molar-refractivity contribution in [2.75, 3.05) is 7.05 Å². The van der Waals surface area contributed by atoms with Crippen molar-refractivity contribution >= 4 is 0 Å². The monoisotopic (exact) mass is 561 g/mol. The summed E-state index contributed by atoms with van der Waals surface area (Å²) >= 11 is 0. The number of hydrogen-bond acceptors (Lipinski definition) is 2. The Morgan fingerprint density at radius 1 is 1.02 bits per heavy atom. The van der Waals surface area contributed by atoms with Gasteiger partial charge in [-0.05, 0) is 130 Å². The maximum atomic E-state index is 6.62. The highest BCUT2D eigenvalue weighted by atomic mass is 16.5. The second kappa shape index (κ2) is 9.37. The first-order valence-corrected chi connectivity index (χ1v) is 18.3. The van der Waals surface area contributed by atoms with Crippen LogP contribution in [0.4, 0.5) is 0 Å². The average molecular weight is 562 g/mol. The van der Waals surface area contributed by atoms with E-state index >= 15 is 0 Å². The Morgan fingerprint density at radius 3 is 2.46 bits per heavy atom. The van der Waals surface area contributed by atoms with Crippen LogP contribution in [0.3, 0.4) is 0 Å². The third-order valence-electron chi connectivity index (χ3n) is 16.8. The quantitative estimate of drug-likeness (QED) is 0.298. The van der Waals surface area contributed by atoms with Gasteiger partial charge in [0.1, 0.15) is 5.60 Å². The van der Waals surface area contributed by atoms with Crippen LogP contribution in [-0.2, 0) is 4.74 Å². The van der Waals surface area contributed by atoms with Gasteiger partial charge in [0.15, 0.2) is 0 Å². The molecule has 0 aromatic carbocycles. The number of rotatable bonds is 8. The molecule has 2 spiro atoms. The minimum atomic E-state index is 0.0467. The molecule has 1 N–H and O–H groups in total. The molecule has 11 atom stereocenters. The van der Waals surface area contributed by atoms with Crippen LogP contribution in [0.2, 0.25) is 0 Å². The lowest BCUT2D eigenvalue weighted by molar-refractivity contribution is -0.182. The Bertz CT molecular complexity index is 1100. The van der Waals surface area contributed by atoms with E-state index in [1.165, 1.54) is 89.9 Å². The topological polar surface area (TPSA) is 21.3 Å². The molecule has 2 bridgehead atoms. The van der Waals surface area contributed by atoms with E-state index < -0.39 is 0 Å². The lowest BCUT2D eigenvalue weighted by Gasteiger charge is -2.69. The fourth-order valence-electron chi connectivity index (χ4n) is 14.1. The number of hydrogen-bond donors (Lipinski definition) is 1. The van der Waals surface area contributed by atoms with E-state index in [2.05, 4.69) is 79.2 Å². The molecule has 7 unspecified atom stereocenters. The molecule has 7 aliphatic rings. The number of ether oxygens (including phenoxy) is 1. The van der Waals surface area contributed by atoms with Crippen LogP contribution in [-0.4, -0.2) is 18.2 Å². The van der Waals surface area contributed by atoms with Gasteiger partial charge >= 0.3 is 0 Å². The lowest BCUT2D eigenvalue weighted by Crippen LogP contribution is -2.63. The summed E-state index contributed by atoms with van der Waals surface area (Å²) in [6.45, 7) is 18.0. The number of fused-ring (bicyclic) bond motifs is 3. The van der Waals surface area contributed by atoms with Gasteiger partial charge in [-0.15, -0.1) is 0 Å². The third kappa shape index (κ3) is 3.47. The van der Waals surface area contributed by atoms with Crippen LogP contribution < -0.4 is 5.32 Å². The van der Waals surface area contributed by atoms with Gasteiger partial charge in [0.25, 0.3) is 0 Å². The molecule has 5 saturated carbocycles. The van der Waals surface area contributed by atoms with Gasteiger partial charge in [-0.2, -0.15) is 0 Å². The Labute approximate surface area is 253 Å². The second-order valence-electron chi connectivity index (χ2n) is 17.6. The van der Waals surface area contributed by atoms with Crippen LogP contribution in [0, 0.1) is 63.1 Å². The molecule has 7 rings (SSSR count). The molecule has 41 heavy (non-hydrogen) atoms. The molecule has 5 fully saturated rings. The maximum Gasteiger partial charge on any atom is 0.112 e. The lowest BCUT2D eigenvalue weighted by atomic mass is 9.36. The largest absolute Gasteiger partial charge is 0.495 e. The Morgan fingerprint density at radius 2 is 1.78 bits per heavy atom. The van der Waals surface area contributed by atoms with Crippen molar-refractivity contribution in [1.82, 2.24) is 5.32 Å². The molecule has 2 heteroatoms. The van der Waals surface area contributed by atoms with Crippen molar-refractivity contribution in [3.05, 3.63) is 24.0 Å². The molecule has 1 aliphatic heterocycles. The Kier molecular flexibility index (Phi) is 6.63. The fraction of sp³-hybridized carbons (Fsp3) is 0.897. The SMILES string of the molecule is CCC(CCC1(NC)CCCCC1)[C@]1(C)C2CCC3C(=CC[C@]45C=CO[C@]([C@H](C)C(C)C)(CCC34C)C5)C23C(C)C31. The minimum absolute atomic E-state index is 0.0467. The molecule has 230 valence electrons. The van der Waals surface area contributed by atoms with Crippen molar-refractivity contribution in [2.45, 2.75) is 149 Å². The van der Waals surface area contributed by atoms with Gasteiger partial charge < -0.3 is 10.1 Å². The first-order chi connectivity index (χ1) is 19.5. The predicted octanol–water partition coefficient (Wildman–Crippen LogP) is 10.1. The second-order valence-corrected chi connectivity index (χ2v) is 17.6. The zero-order valence-corrected chi connectivity index (χ0v) is 28.1. The molecule has 0 aromatic rings. The van der Waals surface area contributed by atoms with E-state index in [4.69, 9.17) is 4.74 Å². The smallest absolute Gasteiger partial charge is 0.112 e. The van der Waals surface area contributed by atoms with Gasteiger partial charge in [-0.3, -0.25) is 0 Å². The van der Waals surface area contributed by atoms with Crippen LogP contribution in [0.1, 0.15) is 138 Å². The molecular formula is C39H63NO. The molecule has 0 saturated heterocycles. The minimum Gasteiger partial charge on any atom is -0.495 e. The van der Waals surface area contributed by atoms with E-state index in [0.717, 1.165) is 29.6 Å². The average Bonchev–Trinajstić information content (AvgIpc) is 3.52. The van der Waals surface area contributed by atoms with E-state index in [1.54, 1.807) is 0 Å². The zero-order valence-electron chi connectivity index (χ0n) is 28.1. The van der Waals surface area contributed by atoms with E-state index in [1.807, 2.05) is 5.57 Å². The highest BCUT2D eigenvalue weighted by Crippen LogP contribution is 2.92. The molecule has 0 amide bonds. The van der Waals surface area contributed by atoms with Crippen LogP contribution in [0.5, 0.6) is 0 Å². The van der Waals surface area contributed by atoms with Gasteiger partial charge in [-0.25, -0.2) is 0 Å².